The standard InChI is InChI=1S/C16H13BrClFN2O2.C7H6BrClO/c1-22-14-5-3-10(7-12(14)18)16(8-23-15(20)21-16)9-2-4-13(19)11(17)6-9;1-10-7-3-2-5(8)4-6(7)9/h2-7H,8H2,1H3,(H2,20,21);2-4H,1H3. The van der Waals surface area contributed by atoms with Crippen molar-refractivity contribution in [3.63, 3.8) is 0 Å². The van der Waals surface area contributed by atoms with Crippen LogP contribution < -0.4 is 15.2 Å². The van der Waals surface area contributed by atoms with Crippen molar-refractivity contribution in [1.82, 2.24) is 0 Å². The lowest BCUT2D eigenvalue weighted by Crippen LogP contribution is -2.27. The summed E-state index contributed by atoms with van der Waals surface area (Å²) in [5.41, 5.74) is 6.38. The van der Waals surface area contributed by atoms with Crippen LogP contribution in [0.15, 0.2) is 68.5 Å². The van der Waals surface area contributed by atoms with Crippen LogP contribution >= 0.6 is 55.1 Å². The Balaban J connectivity index is 0.000000257. The average Bonchev–Trinajstić information content (AvgIpc) is 3.19. The van der Waals surface area contributed by atoms with Crippen molar-refractivity contribution in [2.24, 2.45) is 10.7 Å². The van der Waals surface area contributed by atoms with E-state index in [1.165, 1.54) is 6.07 Å². The van der Waals surface area contributed by atoms with E-state index >= 15 is 0 Å². The summed E-state index contributed by atoms with van der Waals surface area (Å²) in [6, 6.07) is 15.6. The third kappa shape index (κ3) is 5.74. The van der Waals surface area contributed by atoms with Crippen molar-refractivity contribution in [2.75, 3.05) is 20.8 Å². The predicted octanol–water partition coefficient (Wildman–Crippen LogP) is 6.95. The lowest BCUT2D eigenvalue weighted by atomic mass is 9.84. The van der Waals surface area contributed by atoms with E-state index in [4.69, 9.17) is 43.1 Å². The predicted molar refractivity (Wildman–Crippen MR) is 136 cm³/mol. The molecular weight excluding hydrogens is 602 g/mol. The van der Waals surface area contributed by atoms with Crippen molar-refractivity contribution < 1.29 is 18.6 Å². The van der Waals surface area contributed by atoms with Gasteiger partial charge in [-0.25, -0.2) is 9.38 Å². The monoisotopic (exact) mass is 618 g/mol. The number of aliphatic imine (C=N–C) groups is 1. The number of methoxy groups -OCH3 is 2. The maximum atomic E-state index is 13.6. The van der Waals surface area contributed by atoms with E-state index in [2.05, 4.69) is 36.9 Å². The fraction of sp³-hybridized carbons (Fsp3) is 0.174. The summed E-state index contributed by atoms with van der Waals surface area (Å²) in [5, 5.41) is 1.07. The van der Waals surface area contributed by atoms with Crippen LogP contribution in [0.3, 0.4) is 0 Å². The molecule has 174 valence electrons. The van der Waals surface area contributed by atoms with Crippen LogP contribution in [0.25, 0.3) is 0 Å². The van der Waals surface area contributed by atoms with Gasteiger partial charge in [0.25, 0.3) is 6.02 Å². The third-order valence-corrected chi connectivity index (χ3v) is 6.56. The van der Waals surface area contributed by atoms with Crippen LogP contribution in [0.2, 0.25) is 10.0 Å². The molecule has 0 saturated heterocycles. The lowest BCUT2D eigenvalue weighted by molar-refractivity contribution is 0.278. The van der Waals surface area contributed by atoms with Gasteiger partial charge in [-0.1, -0.05) is 51.3 Å². The van der Waals surface area contributed by atoms with Crippen LogP contribution in [0.1, 0.15) is 11.1 Å². The van der Waals surface area contributed by atoms with Crippen molar-refractivity contribution >= 4 is 61.1 Å². The van der Waals surface area contributed by atoms with Gasteiger partial charge in [-0.2, -0.15) is 0 Å². The Labute approximate surface area is 217 Å². The molecule has 0 aliphatic carbocycles. The first-order valence-electron chi connectivity index (χ1n) is 9.47. The molecule has 0 saturated carbocycles. The number of nitrogens with zero attached hydrogens (tertiary/aromatic N) is 1. The van der Waals surface area contributed by atoms with Crippen molar-refractivity contribution in [2.45, 2.75) is 5.54 Å². The summed E-state index contributed by atoms with van der Waals surface area (Å²) >= 11 is 18.5. The zero-order chi connectivity index (χ0) is 24.2. The normalized spacial score (nSPS) is 16.9. The summed E-state index contributed by atoms with van der Waals surface area (Å²) in [4.78, 5) is 4.46. The smallest absolute Gasteiger partial charge is 0.283 e. The van der Waals surface area contributed by atoms with Crippen molar-refractivity contribution in [1.29, 1.82) is 0 Å². The van der Waals surface area contributed by atoms with Gasteiger partial charge >= 0.3 is 0 Å². The van der Waals surface area contributed by atoms with Gasteiger partial charge in [-0.3, -0.25) is 0 Å². The van der Waals surface area contributed by atoms with Gasteiger partial charge in [0.15, 0.2) is 5.54 Å². The molecular formula is C23H19Br2Cl2FN2O3. The third-order valence-electron chi connectivity index (χ3n) is 4.87. The maximum absolute atomic E-state index is 13.6. The van der Waals surface area contributed by atoms with Crippen LogP contribution in [0.4, 0.5) is 4.39 Å². The van der Waals surface area contributed by atoms with E-state index in [9.17, 15) is 4.39 Å². The molecule has 0 amide bonds. The molecule has 0 fully saturated rings. The summed E-state index contributed by atoms with van der Waals surface area (Å²) in [7, 11) is 3.14. The number of ether oxygens (including phenoxy) is 3. The van der Waals surface area contributed by atoms with Gasteiger partial charge < -0.3 is 19.9 Å². The second-order valence-corrected chi connectivity index (χ2v) is 9.44. The minimum atomic E-state index is -0.879. The first-order valence-corrected chi connectivity index (χ1v) is 11.8. The first-order chi connectivity index (χ1) is 15.7. The maximum Gasteiger partial charge on any atom is 0.283 e. The first kappa shape index (κ1) is 25.6. The molecule has 3 aromatic carbocycles. The number of rotatable bonds is 4. The average molecular weight is 621 g/mol. The molecule has 1 unspecified atom stereocenters. The Hall–Kier alpha value is -2.00. The Morgan fingerprint density at radius 3 is 2.03 bits per heavy atom. The van der Waals surface area contributed by atoms with E-state index < -0.39 is 5.54 Å². The molecule has 4 rings (SSSR count). The Bertz CT molecular complexity index is 1200. The Kier molecular flexibility index (Phi) is 8.50. The highest BCUT2D eigenvalue weighted by Crippen LogP contribution is 2.41. The molecule has 1 heterocycles. The number of halogens is 5. The zero-order valence-corrected chi connectivity index (χ0v) is 22.2. The highest BCUT2D eigenvalue weighted by atomic mass is 79.9. The fourth-order valence-corrected chi connectivity index (χ4v) is 4.60. The molecule has 0 aromatic heterocycles. The molecule has 0 radical (unpaired) electrons. The van der Waals surface area contributed by atoms with E-state index in [-0.39, 0.29) is 18.4 Å². The molecule has 0 spiro atoms. The Morgan fingerprint density at radius 2 is 1.52 bits per heavy atom. The van der Waals surface area contributed by atoms with Crippen molar-refractivity contribution in [3.8, 4) is 11.5 Å². The van der Waals surface area contributed by atoms with Gasteiger partial charge in [-0.15, -0.1) is 0 Å². The van der Waals surface area contributed by atoms with Crippen LogP contribution in [0.5, 0.6) is 11.5 Å². The summed E-state index contributed by atoms with van der Waals surface area (Å²) < 4.78 is 30.4. The molecule has 1 atom stereocenters. The van der Waals surface area contributed by atoms with Gasteiger partial charge in [0, 0.05) is 4.47 Å². The number of hydrogen-bond acceptors (Lipinski definition) is 5. The van der Waals surface area contributed by atoms with Gasteiger partial charge in [-0.05, 0) is 69.5 Å². The Morgan fingerprint density at radius 1 is 0.939 bits per heavy atom. The summed E-state index contributed by atoms with van der Waals surface area (Å²) in [6.07, 6.45) is 0. The molecule has 2 N–H and O–H groups in total. The second-order valence-electron chi connectivity index (χ2n) is 6.86. The fourth-order valence-electron chi connectivity index (χ4n) is 3.21. The molecule has 1 aliphatic heterocycles. The van der Waals surface area contributed by atoms with Gasteiger partial charge in [0.2, 0.25) is 0 Å². The number of benzene rings is 3. The SMILES string of the molecule is COc1ccc(Br)cc1Cl.COc1ccc(C2(c3ccc(F)c(Br)c3)COC(N)=N2)cc1Cl. The van der Waals surface area contributed by atoms with Crippen molar-refractivity contribution in [3.05, 3.63) is 90.5 Å². The van der Waals surface area contributed by atoms with E-state index in [1.54, 1.807) is 44.6 Å². The summed E-state index contributed by atoms with van der Waals surface area (Å²) in [6.45, 7) is 0.208. The highest BCUT2D eigenvalue weighted by molar-refractivity contribution is 9.10. The van der Waals surface area contributed by atoms with Crippen LogP contribution in [-0.2, 0) is 10.3 Å². The highest BCUT2D eigenvalue weighted by Gasteiger charge is 2.40. The van der Waals surface area contributed by atoms with Gasteiger partial charge in [0.05, 0.1) is 28.7 Å². The van der Waals surface area contributed by atoms with Gasteiger partial charge in [0.1, 0.15) is 23.9 Å². The van der Waals surface area contributed by atoms with E-state index in [0.29, 0.717) is 26.0 Å². The van der Waals surface area contributed by atoms with Crippen LogP contribution in [-0.4, -0.2) is 26.8 Å². The molecule has 0 bridgehead atoms. The number of nitrogens with two attached hydrogens (primary N) is 1. The van der Waals surface area contributed by atoms with Crippen LogP contribution in [0, 0.1) is 5.82 Å². The molecule has 33 heavy (non-hydrogen) atoms. The largest absolute Gasteiger partial charge is 0.495 e. The molecule has 3 aromatic rings. The molecule has 5 nitrogen and oxygen atoms in total. The van der Waals surface area contributed by atoms with E-state index in [1.807, 2.05) is 18.2 Å². The minimum Gasteiger partial charge on any atom is -0.495 e. The molecule has 10 heteroatoms. The minimum absolute atomic E-state index is 0.0809. The lowest BCUT2D eigenvalue weighted by Gasteiger charge is -2.26. The number of hydrogen-bond donors (Lipinski definition) is 1. The quantitative estimate of drug-likeness (QED) is 0.343. The second kappa shape index (κ2) is 11.0. The summed E-state index contributed by atoms with van der Waals surface area (Å²) in [5.74, 6) is 0.902. The topological polar surface area (TPSA) is 66.1 Å². The zero-order valence-electron chi connectivity index (χ0n) is 17.5. The molecule has 1 aliphatic rings. The van der Waals surface area contributed by atoms with E-state index in [0.717, 1.165) is 15.6 Å². The number of amidine groups is 1.